The summed E-state index contributed by atoms with van der Waals surface area (Å²) in [6.45, 7) is 17.6. The van der Waals surface area contributed by atoms with E-state index in [1.54, 1.807) is 0 Å². The minimum Gasteiger partial charge on any atom is -0.459 e. The number of carbonyl (C=O) groups is 1. The van der Waals surface area contributed by atoms with Gasteiger partial charge in [-0.25, -0.2) is 0 Å². The van der Waals surface area contributed by atoms with Crippen LogP contribution in [0.15, 0.2) is 24.3 Å². The number of esters is 1. The summed E-state index contributed by atoms with van der Waals surface area (Å²) < 4.78 is 97.1. The van der Waals surface area contributed by atoms with E-state index in [9.17, 15) is 20.1 Å². The molecular formula is C61H88O18. The molecule has 15 aliphatic heterocycles. The Morgan fingerprint density at radius 2 is 1.25 bits per heavy atom. The smallest absolute Gasteiger partial charge is 0.308 e. The first-order valence-corrected chi connectivity index (χ1v) is 31.1. The molecule has 1 saturated carbocycles. The van der Waals surface area contributed by atoms with Crippen molar-refractivity contribution in [3.05, 3.63) is 24.3 Å². The van der Waals surface area contributed by atoms with E-state index >= 15 is 0 Å². The molecule has 15 heterocycles. The summed E-state index contributed by atoms with van der Waals surface area (Å²) in [5.41, 5.74) is 1.82. The first kappa shape index (κ1) is 54.0. The number of aliphatic hydroxyl groups excluding tert-OH is 3. The molecule has 0 radical (unpaired) electrons. The van der Waals surface area contributed by atoms with E-state index in [1.807, 2.05) is 0 Å². The largest absolute Gasteiger partial charge is 0.459 e. The van der Waals surface area contributed by atoms with Crippen LogP contribution < -0.4 is 0 Å². The zero-order chi connectivity index (χ0) is 54.0. The zero-order valence-electron chi connectivity index (χ0n) is 46.8. The van der Waals surface area contributed by atoms with E-state index in [2.05, 4.69) is 40.9 Å². The van der Waals surface area contributed by atoms with Crippen molar-refractivity contribution in [3.8, 4) is 0 Å². The van der Waals surface area contributed by atoms with Gasteiger partial charge in [0.05, 0.1) is 129 Å². The Labute approximate surface area is 464 Å². The number of carbonyl (C=O) groups excluding carboxylic acids is 1. The molecule has 3 N–H and O–H groups in total. The van der Waals surface area contributed by atoms with Crippen molar-refractivity contribution >= 4 is 5.97 Å². The first-order chi connectivity index (χ1) is 38.0. The van der Waals surface area contributed by atoms with Crippen molar-refractivity contribution in [2.75, 3.05) is 6.61 Å². The molecule has 0 aromatic carbocycles. The third kappa shape index (κ3) is 9.44. The van der Waals surface area contributed by atoms with Crippen molar-refractivity contribution in [2.24, 2.45) is 29.6 Å². The molecule has 0 aromatic heterocycles. The van der Waals surface area contributed by atoms with Crippen LogP contribution in [0.25, 0.3) is 0 Å². The maximum Gasteiger partial charge on any atom is 0.308 e. The van der Waals surface area contributed by atoms with E-state index in [1.165, 1.54) is 0 Å². The second-order valence-electron chi connectivity index (χ2n) is 28.1. The van der Waals surface area contributed by atoms with Gasteiger partial charge in [-0.1, -0.05) is 40.9 Å². The summed E-state index contributed by atoms with van der Waals surface area (Å²) in [5, 5.41) is 30.4. The Hall–Kier alpha value is -1.69. The van der Waals surface area contributed by atoms with Crippen molar-refractivity contribution in [2.45, 2.75) is 313 Å². The van der Waals surface area contributed by atoms with Gasteiger partial charge in [0.2, 0.25) is 0 Å². The third-order valence-electron chi connectivity index (χ3n) is 22.5. The third-order valence-corrected chi connectivity index (χ3v) is 22.5. The van der Waals surface area contributed by atoms with Crippen LogP contribution in [-0.4, -0.2) is 192 Å². The van der Waals surface area contributed by atoms with Crippen molar-refractivity contribution in [1.82, 2.24) is 0 Å². The molecular weight excluding hydrogens is 1020 g/mol. The summed E-state index contributed by atoms with van der Waals surface area (Å²) in [4.78, 5) is 14.6. The highest BCUT2D eigenvalue weighted by Crippen LogP contribution is 2.60. The predicted octanol–water partition coefficient (Wildman–Crippen LogP) is 5.59. The van der Waals surface area contributed by atoms with Crippen LogP contribution in [0.1, 0.15) is 150 Å². The molecule has 18 heteroatoms. The quantitative estimate of drug-likeness (QED) is 0.232. The predicted molar refractivity (Wildman–Crippen MR) is 277 cm³/mol. The van der Waals surface area contributed by atoms with Gasteiger partial charge in [-0.05, 0) is 99.0 Å². The number of fused-ring (bicyclic) bond motifs is 10. The number of rotatable bonds is 4. The van der Waals surface area contributed by atoms with E-state index in [0.717, 1.165) is 75.4 Å². The first-order valence-electron chi connectivity index (χ1n) is 31.1. The molecule has 16 aliphatic rings. The lowest BCUT2D eigenvalue weighted by molar-refractivity contribution is -0.293. The Kier molecular flexibility index (Phi) is 13.8. The van der Waals surface area contributed by atoms with Gasteiger partial charge < -0.3 is 81.6 Å². The van der Waals surface area contributed by atoms with Gasteiger partial charge in [-0.3, -0.25) is 4.79 Å². The molecule has 79 heavy (non-hydrogen) atoms. The highest BCUT2D eigenvalue weighted by Gasteiger charge is 2.70. The fourth-order valence-corrected chi connectivity index (χ4v) is 19.0. The summed E-state index contributed by atoms with van der Waals surface area (Å²) >= 11 is 0. The Bertz CT molecular complexity index is 2340. The summed E-state index contributed by atoms with van der Waals surface area (Å²) in [6.07, 6.45) is 5.15. The number of hydrogen-bond acceptors (Lipinski definition) is 18. The van der Waals surface area contributed by atoms with Crippen molar-refractivity contribution in [1.29, 1.82) is 0 Å². The minimum absolute atomic E-state index is 0.00901. The molecule has 16 fully saturated rings. The molecule has 440 valence electrons. The normalized spacial score (nSPS) is 57.2. The van der Waals surface area contributed by atoms with Crippen LogP contribution in [0.5, 0.6) is 0 Å². The summed E-state index contributed by atoms with van der Waals surface area (Å²) in [5.74, 6) is -1.27. The van der Waals surface area contributed by atoms with Crippen LogP contribution in [0.4, 0.5) is 0 Å². The average Bonchev–Trinajstić information content (AvgIpc) is 4.24. The fourth-order valence-electron chi connectivity index (χ4n) is 19.0. The van der Waals surface area contributed by atoms with Gasteiger partial charge in [0.15, 0.2) is 11.6 Å². The van der Waals surface area contributed by atoms with E-state index < -0.39 is 60.9 Å². The fraction of sp³-hybridized carbons (Fsp3) is 0.918. The van der Waals surface area contributed by atoms with Gasteiger partial charge in [0, 0.05) is 57.3 Å². The van der Waals surface area contributed by atoms with Crippen molar-refractivity contribution in [3.63, 3.8) is 0 Å². The standard InChI is InChI=1S/C61H88O18/c1-27-13-35-7-9-39-28(2)14-37(66-39)11-12-60-25-48-55(78-60)56-57(73-48)58(79-60)54-40(70-56)10-8-36(68-54)16-49(65)74-53-32(6)52-45(69-44(53)17-41(67-35)31(27)5)19-43-47(72-52)24-61(76-43)23-33-22-59(20-29(3)50(33)77-61)21-30(4)51-46(75-59)18-42(71-51)38(64)15-34(63)26-62/h27,29-30,32-48,50-58,62-64H,2,5,7-26H2,1,3-4,6H3/t27-,29+,30+,32+,33+,34+,35?,36-,37+,38-,39+,40+,41-,42+,43-,44?,45+,46+,47-,48?,50+,51+,52+,53?,54+,55+,56+,57-,58+,59-,60+,61-/m1/s1. The van der Waals surface area contributed by atoms with Gasteiger partial charge in [-0.15, -0.1) is 0 Å². The van der Waals surface area contributed by atoms with E-state index in [0.29, 0.717) is 44.9 Å². The van der Waals surface area contributed by atoms with Crippen LogP contribution in [0.2, 0.25) is 0 Å². The Balaban J connectivity index is 0.655. The molecule has 3 spiro atoms. The second kappa shape index (κ2) is 20.2. The SMILES string of the molecule is C=C1C[C@@H]2CC[C@@]34CC5O[C@H]6[C@@H](O3)[C@H]3O[C@H](CC[C@@H]3O[C@H]6[C@H]5O4)CC(=O)OC3C(C[C@H]4OC(CC[C@@H]1O2)C[C@@H](C)C4=C)O[C@H]1C[C@H]2O[C@@]4(C[C@@H]5C[C@@]6(C[C@H](C)[C@@H]5O4)C[C@H](C)[C@@H]4O[C@H]([C@H](O)C[C@H](O)CO)C[C@@H]4O6)C[C@H]2O[C@H]1[C@@H]3C. The topological polar surface area (TPSA) is 207 Å². The Morgan fingerprint density at radius 3 is 2.10 bits per heavy atom. The van der Waals surface area contributed by atoms with Crippen LogP contribution in [0, 0.1) is 29.6 Å². The van der Waals surface area contributed by atoms with Crippen LogP contribution in [0.3, 0.4) is 0 Å². The van der Waals surface area contributed by atoms with E-state index in [4.69, 9.17) is 66.3 Å². The lowest BCUT2D eigenvalue weighted by Crippen LogP contribution is -2.62. The second-order valence-corrected chi connectivity index (χ2v) is 28.1. The van der Waals surface area contributed by atoms with Crippen molar-refractivity contribution < 1.29 is 86.4 Å². The minimum atomic E-state index is -0.991. The monoisotopic (exact) mass is 1110 g/mol. The average molecular weight is 1110 g/mol. The van der Waals surface area contributed by atoms with Gasteiger partial charge in [0.1, 0.15) is 36.6 Å². The maximum absolute atomic E-state index is 14.6. The molecule has 0 amide bonds. The molecule has 0 aromatic rings. The van der Waals surface area contributed by atoms with Gasteiger partial charge >= 0.3 is 5.97 Å². The lowest BCUT2D eigenvalue weighted by Gasteiger charge is -2.51. The lowest BCUT2D eigenvalue weighted by atomic mass is 9.66. The molecule has 15 saturated heterocycles. The van der Waals surface area contributed by atoms with Crippen LogP contribution in [-0.2, 0) is 71.1 Å². The summed E-state index contributed by atoms with van der Waals surface area (Å²) in [6, 6.07) is 0. The summed E-state index contributed by atoms with van der Waals surface area (Å²) in [7, 11) is 0. The zero-order valence-corrected chi connectivity index (χ0v) is 46.8. The Morgan fingerprint density at radius 1 is 0.532 bits per heavy atom. The molecule has 32 atom stereocenters. The molecule has 4 unspecified atom stereocenters. The van der Waals surface area contributed by atoms with Gasteiger partial charge in [-0.2, -0.15) is 0 Å². The number of hydrogen-bond donors (Lipinski definition) is 3. The molecule has 18 nitrogen and oxygen atoms in total. The van der Waals surface area contributed by atoms with Crippen LogP contribution >= 0.6 is 0 Å². The number of aliphatic hydroxyl groups is 3. The molecule has 12 bridgehead atoms. The van der Waals surface area contributed by atoms with Gasteiger partial charge in [0.25, 0.3) is 0 Å². The number of ether oxygens (including phenoxy) is 14. The maximum atomic E-state index is 14.6. The molecule has 16 rings (SSSR count). The highest BCUT2D eigenvalue weighted by atomic mass is 16.8. The molecule has 1 aliphatic carbocycles. The van der Waals surface area contributed by atoms with E-state index in [-0.39, 0.29) is 158 Å². The highest BCUT2D eigenvalue weighted by molar-refractivity contribution is 5.70.